The maximum atomic E-state index is 11.4. The van der Waals surface area contributed by atoms with Crippen molar-refractivity contribution in [2.45, 2.75) is 50.6 Å². The molecule has 3 aromatic heterocycles. The third-order valence-electron chi connectivity index (χ3n) is 5.55. The number of nitrogens with one attached hydrogen (secondary N) is 1. The van der Waals surface area contributed by atoms with Gasteiger partial charge in [0.05, 0.1) is 25.3 Å². The fourth-order valence-corrected chi connectivity index (χ4v) is 3.93. The Balaban J connectivity index is 1.36. The van der Waals surface area contributed by atoms with Crippen molar-refractivity contribution in [2.24, 2.45) is 0 Å². The lowest BCUT2D eigenvalue weighted by molar-refractivity contribution is -0.137. The van der Waals surface area contributed by atoms with Gasteiger partial charge in [-0.1, -0.05) is 6.07 Å². The molecular formula is C22H26N6O3. The zero-order valence-corrected chi connectivity index (χ0v) is 17.4. The number of hydrogen-bond acceptors (Lipinski definition) is 7. The van der Waals surface area contributed by atoms with E-state index in [0.717, 1.165) is 43.6 Å². The van der Waals surface area contributed by atoms with Crippen LogP contribution in [-0.2, 0) is 17.6 Å². The minimum absolute atomic E-state index is 0.102. The number of carboxylic acid groups (broad SMARTS) is 1. The largest absolute Gasteiger partial charge is 0.481 e. The van der Waals surface area contributed by atoms with Gasteiger partial charge in [0.2, 0.25) is 0 Å². The van der Waals surface area contributed by atoms with Crippen LogP contribution < -0.4 is 10.1 Å². The van der Waals surface area contributed by atoms with Crippen molar-refractivity contribution in [2.75, 3.05) is 12.4 Å². The first-order valence-electron chi connectivity index (χ1n) is 10.4. The first-order chi connectivity index (χ1) is 15.1. The van der Waals surface area contributed by atoms with Gasteiger partial charge >= 0.3 is 12.0 Å². The monoisotopic (exact) mass is 422 g/mol. The van der Waals surface area contributed by atoms with Crippen LogP contribution in [0.2, 0.25) is 0 Å². The highest BCUT2D eigenvalue weighted by Crippen LogP contribution is 2.25. The van der Waals surface area contributed by atoms with E-state index in [4.69, 9.17) is 4.74 Å². The van der Waals surface area contributed by atoms with Crippen LogP contribution in [-0.4, -0.2) is 49.0 Å². The Morgan fingerprint density at radius 1 is 1.32 bits per heavy atom. The molecule has 0 unspecified atom stereocenters. The van der Waals surface area contributed by atoms with Crippen molar-refractivity contribution in [3.05, 3.63) is 59.8 Å². The van der Waals surface area contributed by atoms with E-state index < -0.39 is 12.0 Å². The molecule has 2 atom stereocenters. The molecule has 162 valence electrons. The summed E-state index contributed by atoms with van der Waals surface area (Å²) in [6, 6.07) is 6.24. The lowest BCUT2D eigenvalue weighted by Crippen LogP contribution is -2.26. The number of ether oxygens (including phenoxy) is 1. The molecule has 4 rings (SSSR count). The van der Waals surface area contributed by atoms with Crippen molar-refractivity contribution in [3.8, 4) is 6.01 Å². The molecule has 1 aliphatic rings. The molecule has 0 saturated carbocycles. The summed E-state index contributed by atoms with van der Waals surface area (Å²) in [7, 11) is 1.49. The van der Waals surface area contributed by atoms with Gasteiger partial charge in [0.1, 0.15) is 5.82 Å². The van der Waals surface area contributed by atoms with Crippen molar-refractivity contribution >= 4 is 11.8 Å². The van der Waals surface area contributed by atoms with E-state index >= 15 is 0 Å². The Morgan fingerprint density at radius 3 is 2.94 bits per heavy atom. The molecule has 9 heteroatoms. The average molecular weight is 422 g/mol. The Morgan fingerprint density at radius 2 is 2.16 bits per heavy atom. The maximum Gasteiger partial charge on any atom is 0.316 e. The Bertz CT molecular complexity index is 1020. The van der Waals surface area contributed by atoms with Crippen LogP contribution in [0.15, 0.2) is 43.0 Å². The Hall–Kier alpha value is -3.49. The lowest BCUT2D eigenvalue weighted by Gasteiger charge is -2.25. The molecule has 9 nitrogen and oxygen atoms in total. The number of nitrogens with zero attached hydrogens (tertiary/aromatic N) is 5. The number of hydrogen-bond donors (Lipinski definition) is 2. The third-order valence-corrected chi connectivity index (χ3v) is 5.55. The quantitative estimate of drug-likeness (QED) is 0.541. The SMILES string of the molecule is COc1ncc([C@H](CC(=O)O)n2ccc(CCC[C@@H]3CCc4cccnc4N3)n2)cn1. The van der Waals surface area contributed by atoms with Crippen molar-refractivity contribution < 1.29 is 14.6 Å². The molecule has 0 aromatic carbocycles. The summed E-state index contributed by atoms with van der Waals surface area (Å²) >= 11 is 0. The van der Waals surface area contributed by atoms with E-state index in [-0.39, 0.29) is 12.4 Å². The second-order valence-electron chi connectivity index (χ2n) is 7.69. The summed E-state index contributed by atoms with van der Waals surface area (Å²) in [4.78, 5) is 24.0. The molecule has 0 aliphatic carbocycles. The first-order valence-corrected chi connectivity index (χ1v) is 10.4. The van der Waals surface area contributed by atoms with Gasteiger partial charge in [-0.3, -0.25) is 9.48 Å². The second-order valence-corrected chi connectivity index (χ2v) is 7.69. The normalized spacial score (nSPS) is 16.2. The predicted octanol–water partition coefficient (Wildman–Crippen LogP) is 2.89. The number of carbonyl (C=O) groups is 1. The molecular weight excluding hydrogens is 396 g/mol. The summed E-state index contributed by atoms with van der Waals surface area (Å²) < 4.78 is 6.67. The fourth-order valence-electron chi connectivity index (χ4n) is 3.93. The van der Waals surface area contributed by atoms with Crippen molar-refractivity contribution in [3.63, 3.8) is 0 Å². The summed E-state index contributed by atoms with van der Waals surface area (Å²) in [5.41, 5.74) is 2.90. The van der Waals surface area contributed by atoms with Crippen LogP contribution in [0.1, 0.15) is 48.5 Å². The van der Waals surface area contributed by atoms with Crippen LogP contribution in [0.4, 0.5) is 5.82 Å². The van der Waals surface area contributed by atoms with Gasteiger partial charge in [-0.05, 0) is 49.8 Å². The zero-order valence-electron chi connectivity index (χ0n) is 17.4. The smallest absolute Gasteiger partial charge is 0.316 e. The number of fused-ring (bicyclic) bond motifs is 1. The minimum atomic E-state index is -0.907. The van der Waals surface area contributed by atoms with Gasteiger partial charge in [-0.25, -0.2) is 15.0 Å². The molecule has 0 radical (unpaired) electrons. The second kappa shape index (κ2) is 9.55. The summed E-state index contributed by atoms with van der Waals surface area (Å²) in [6.07, 6.45) is 11.7. The van der Waals surface area contributed by atoms with Gasteiger partial charge < -0.3 is 15.2 Å². The molecule has 2 N–H and O–H groups in total. The van der Waals surface area contributed by atoms with E-state index in [2.05, 4.69) is 31.4 Å². The molecule has 0 saturated heterocycles. The predicted molar refractivity (Wildman–Crippen MR) is 114 cm³/mol. The van der Waals surface area contributed by atoms with Crippen LogP contribution >= 0.6 is 0 Å². The van der Waals surface area contributed by atoms with Gasteiger partial charge in [0.25, 0.3) is 0 Å². The molecule has 1 aliphatic heterocycles. The van der Waals surface area contributed by atoms with Gasteiger partial charge in [0.15, 0.2) is 0 Å². The fraction of sp³-hybridized carbons (Fsp3) is 0.409. The Kier molecular flexibility index (Phi) is 6.40. The molecule has 0 amide bonds. The molecule has 3 aromatic rings. The topological polar surface area (TPSA) is 115 Å². The van der Waals surface area contributed by atoms with Crippen molar-refractivity contribution in [1.29, 1.82) is 0 Å². The Labute approximate surface area is 180 Å². The number of aliphatic carboxylic acids is 1. The lowest BCUT2D eigenvalue weighted by atomic mass is 9.97. The van der Waals surface area contributed by atoms with E-state index in [9.17, 15) is 9.90 Å². The van der Waals surface area contributed by atoms with Gasteiger partial charge in [0, 0.05) is 36.4 Å². The summed E-state index contributed by atoms with van der Waals surface area (Å²) in [5.74, 6) is 0.0939. The van der Waals surface area contributed by atoms with Crippen molar-refractivity contribution in [1.82, 2.24) is 24.7 Å². The first kappa shape index (κ1) is 20.8. The van der Waals surface area contributed by atoms with E-state index in [0.29, 0.717) is 11.6 Å². The summed E-state index contributed by atoms with van der Waals surface area (Å²) in [5, 5.41) is 17.5. The van der Waals surface area contributed by atoms with Crippen LogP contribution in [0, 0.1) is 0 Å². The number of carboxylic acids is 1. The van der Waals surface area contributed by atoms with Crippen LogP contribution in [0.25, 0.3) is 0 Å². The van der Waals surface area contributed by atoms with Crippen LogP contribution in [0.3, 0.4) is 0 Å². The summed E-state index contributed by atoms with van der Waals surface area (Å²) in [6.45, 7) is 0. The van der Waals surface area contributed by atoms with Gasteiger partial charge in [-0.15, -0.1) is 0 Å². The van der Waals surface area contributed by atoms with E-state index in [1.807, 2.05) is 24.5 Å². The number of rotatable bonds is 9. The maximum absolute atomic E-state index is 11.4. The molecule has 31 heavy (non-hydrogen) atoms. The number of aromatic nitrogens is 5. The minimum Gasteiger partial charge on any atom is -0.481 e. The molecule has 0 fully saturated rings. The number of methoxy groups -OCH3 is 1. The molecule has 0 spiro atoms. The van der Waals surface area contributed by atoms with Crippen LogP contribution in [0.5, 0.6) is 6.01 Å². The zero-order chi connectivity index (χ0) is 21.6. The molecule has 0 bridgehead atoms. The number of pyridine rings is 1. The number of anilines is 1. The average Bonchev–Trinajstić information content (AvgIpc) is 3.26. The van der Waals surface area contributed by atoms with E-state index in [1.165, 1.54) is 12.7 Å². The highest BCUT2D eigenvalue weighted by Gasteiger charge is 2.21. The highest BCUT2D eigenvalue weighted by atomic mass is 16.5. The highest BCUT2D eigenvalue weighted by molar-refractivity contribution is 5.68. The number of aryl methyl sites for hydroxylation is 2. The standard InChI is InChI=1S/C22H26N6O3/c1-31-22-24-13-16(14-25-22)19(12-20(29)30)28-11-9-18(27-28)6-2-5-17-8-7-15-4-3-10-23-21(15)26-17/h3-4,9-11,13-14,17,19H,2,5-8,12H2,1H3,(H,23,26)(H,29,30)/t17-,19+/m1/s1. The third kappa shape index (κ3) is 5.17. The molecule has 4 heterocycles. The van der Waals surface area contributed by atoms with E-state index in [1.54, 1.807) is 17.1 Å². The van der Waals surface area contributed by atoms with Gasteiger partial charge in [-0.2, -0.15) is 5.10 Å².